The third-order valence-electron chi connectivity index (χ3n) is 3.49. The number of aliphatic hydroxyl groups excluding tert-OH is 1. The third kappa shape index (κ3) is 3.52. The van der Waals surface area contributed by atoms with Crippen molar-refractivity contribution >= 4 is 28.2 Å². The molecule has 3 rings (SSSR count). The Kier molecular flexibility index (Phi) is 4.43. The standard InChI is InChI=1S/C17H19N5O2/c1-10-3-5-18-13(7-10)21-14-8-12-4-6-19-17(24)15(12)16(22-14)20-9-11(2)23/h3-8,11,23H,9H2,1-2H3,(H,19,24)(H2,18,20,21,22)/t11-/m1/s1. The van der Waals surface area contributed by atoms with Crippen LogP contribution in [-0.2, 0) is 0 Å². The fourth-order valence-electron chi connectivity index (χ4n) is 2.39. The Morgan fingerprint density at radius 3 is 2.88 bits per heavy atom. The minimum Gasteiger partial charge on any atom is -0.392 e. The Balaban J connectivity index is 2.04. The number of aryl methyl sites for hydroxylation is 1. The van der Waals surface area contributed by atoms with E-state index in [2.05, 4.69) is 25.6 Å². The quantitative estimate of drug-likeness (QED) is 0.573. The number of aliphatic hydroxyl groups is 1. The minimum atomic E-state index is -0.556. The second kappa shape index (κ2) is 6.67. The van der Waals surface area contributed by atoms with Gasteiger partial charge in [0.15, 0.2) is 0 Å². The van der Waals surface area contributed by atoms with Crippen molar-refractivity contribution in [2.45, 2.75) is 20.0 Å². The van der Waals surface area contributed by atoms with Crippen molar-refractivity contribution in [2.75, 3.05) is 17.2 Å². The molecule has 0 bridgehead atoms. The van der Waals surface area contributed by atoms with Crippen molar-refractivity contribution in [1.82, 2.24) is 15.0 Å². The number of H-pyrrole nitrogens is 1. The molecule has 24 heavy (non-hydrogen) atoms. The number of anilines is 3. The molecule has 0 aliphatic carbocycles. The molecule has 7 nitrogen and oxygen atoms in total. The van der Waals surface area contributed by atoms with E-state index in [1.165, 1.54) is 0 Å². The fourth-order valence-corrected chi connectivity index (χ4v) is 2.39. The number of nitrogens with zero attached hydrogens (tertiary/aromatic N) is 2. The average Bonchev–Trinajstić information content (AvgIpc) is 2.52. The summed E-state index contributed by atoms with van der Waals surface area (Å²) in [5, 5.41) is 16.9. The van der Waals surface area contributed by atoms with E-state index in [0.29, 0.717) is 29.4 Å². The molecular weight excluding hydrogens is 306 g/mol. The number of hydrogen-bond donors (Lipinski definition) is 4. The van der Waals surface area contributed by atoms with Crippen molar-refractivity contribution in [3.8, 4) is 0 Å². The number of fused-ring (bicyclic) bond motifs is 1. The van der Waals surface area contributed by atoms with Crippen LogP contribution < -0.4 is 16.2 Å². The summed E-state index contributed by atoms with van der Waals surface area (Å²) in [6.45, 7) is 3.94. The zero-order chi connectivity index (χ0) is 17.1. The Bertz CT molecular complexity index is 920. The molecule has 0 aliphatic heterocycles. The van der Waals surface area contributed by atoms with Crippen LogP contribution in [0, 0.1) is 6.92 Å². The number of aromatic nitrogens is 3. The highest BCUT2D eigenvalue weighted by atomic mass is 16.3. The molecule has 0 aromatic carbocycles. The van der Waals surface area contributed by atoms with Crippen LogP contribution in [-0.4, -0.2) is 32.7 Å². The van der Waals surface area contributed by atoms with Gasteiger partial charge in [0.25, 0.3) is 5.56 Å². The van der Waals surface area contributed by atoms with Crippen LogP contribution in [0.15, 0.2) is 41.5 Å². The van der Waals surface area contributed by atoms with Gasteiger partial charge in [0.1, 0.15) is 17.5 Å². The zero-order valence-corrected chi connectivity index (χ0v) is 13.5. The monoisotopic (exact) mass is 325 g/mol. The van der Waals surface area contributed by atoms with Gasteiger partial charge in [0.05, 0.1) is 11.5 Å². The van der Waals surface area contributed by atoms with Crippen LogP contribution in [0.25, 0.3) is 10.8 Å². The van der Waals surface area contributed by atoms with E-state index in [0.717, 1.165) is 10.9 Å². The summed E-state index contributed by atoms with van der Waals surface area (Å²) >= 11 is 0. The summed E-state index contributed by atoms with van der Waals surface area (Å²) in [4.78, 5) is 23.5. The second-order valence-electron chi connectivity index (χ2n) is 5.70. The van der Waals surface area contributed by atoms with Crippen molar-refractivity contribution in [3.63, 3.8) is 0 Å². The molecule has 3 heterocycles. The van der Waals surface area contributed by atoms with Gasteiger partial charge in [-0.1, -0.05) is 0 Å². The van der Waals surface area contributed by atoms with Crippen LogP contribution in [0.3, 0.4) is 0 Å². The highest BCUT2D eigenvalue weighted by molar-refractivity contribution is 5.93. The third-order valence-corrected chi connectivity index (χ3v) is 3.49. The first-order valence-corrected chi connectivity index (χ1v) is 7.67. The predicted octanol–water partition coefficient (Wildman–Crippen LogP) is 2.16. The second-order valence-corrected chi connectivity index (χ2v) is 5.70. The number of hydrogen-bond acceptors (Lipinski definition) is 6. The van der Waals surface area contributed by atoms with Gasteiger partial charge in [-0.05, 0) is 49.1 Å². The summed E-state index contributed by atoms with van der Waals surface area (Å²) in [5.41, 5.74) is 0.852. The summed E-state index contributed by atoms with van der Waals surface area (Å²) < 4.78 is 0. The number of aromatic amines is 1. The Morgan fingerprint density at radius 1 is 1.29 bits per heavy atom. The molecule has 0 saturated heterocycles. The molecule has 0 unspecified atom stereocenters. The van der Waals surface area contributed by atoms with Crippen LogP contribution in [0.5, 0.6) is 0 Å². The molecule has 7 heteroatoms. The largest absolute Gasteiger partial charge is 0.392 e. The Hall–Kier alpha value is -2.93. The molecule has 4 N–H and O–H groups in total. The summed E-state index contributed by atoms with van der Waals surface area (Å²) in [7, 11) is 0. The van der Waals surface area contributed by atoms with Crippen molar-refractivity contribution in [1.29, 1.82) is 0 Å². The van der Waals surface area contributed by atoms with E-state index in [9.17, 15) is 9.90 Å². The first-order valence-electron chi connectivity index (χ1n) is 7.67. The molecule has 3 aromatic heterocycles. The van der Waals surface area contributed by atoms with E-state index >= 15 is 0 Å². The maximum Gasteiger partial charge on any atom is 0.259 e. The molecule has 0 radical (unpaired) electrons. The molecule has 0 saturated carbocycles. The smallest absolute Gasteiger partial charge is 0.259 e. The molecule has 0 spiro atoms. The van der Waals surface area contributed by atoms with Gasteiger partial charge in [0, 0.05) is 18.9 Å². The Morgan fingerprint density at radius 2 is 2.12 bits per heavy atom. The molecule has 0 fully saturated rings. The van der Waals surface area contributed by atoms with Gasteiger partial charge in [-0.2, -0.15) is 0 Å². The lowest BCUT2D eigenvalue weighted by atomic mass is 10.2. The highest BCUT2D eigenvalue weighted by Crippen LogP contribution is 2.23. The minimum absolute atomic E-state index is 0.228. The number of pyridine rings is 3. The van der Waals surface area contributed by atoms with Gasteiger partial charge in [-0.3, -0.25) is 4.79 Å². The lowest BCUT2D eigenvalue weighted by Crippen LogP contribution is -2.18. The number of nitrogens with one attached hydrogen (secondary N) is 3. The highest BCUT2D eigenvalue weighted by Gasteiger charge is 2.10. The molecule has 0 aliphatic rings. The summed E-state index contributed by atoms with van der Waals surface area (Å²) in [5.74, 6) is 1.66. The average molecular weight is 325 g/mol. The summed E-state index contributed by atoms with van der Waals surface area (Å²) in [6, 6.07) is 7.42. The van der Waals surface area contributed by atoms with Crippen LogP contribution in [0.2, 0.25) is 0 Å². The van der Waals surface area contributed by atoms with E-state index in [-0.39, 0.29) is 5.56 Å². The Labute approximate surface area is 138 Å². The molecule has 3 aromatic rings. The maximum absolute atomic E-state index is 12.1. The lowest BCUT2D eigenvalue weighted by Gasteiger charge is -2.13. The molecule has 0 amide bonds. The van der Waals surface area contributed by atoms with Crippen molar-refractivity contribution in [3.05, 3.63) is 52.6 Å². The van der Waals surface area contributed by atoms with Gasteiger partial charge in [-0.15, -0.1) is 0 Å². The van der Waals surface area contributed by atoms with Gasteiger partial charge in [0.2, 0.25) is 0 Å². The fraction of sp³-hybridized carbons (Fsp3) is 0.235. The van der Waals surface area contributed by atoms with E-state index < -0.39 is 6.10 Å². The number of rotatable bonds is 5. The van der Waals surface area contributed by atoms with Gasteiger partial charge < -0.3 is 20.7 Å². The molecule has 1 atom stereocenters. The van der Waals surface area contributed by atoms with Gasteiger partial charge in [-0.25, -0.2) is 9.97 Å². The van der Waals surface area contributed by atoms with Crippen LogP contribution >= 0.6 is 0 Å². The summed E-state index contributed by atoms with van der Waals surface area (Å²) in [6.07, 6.45) is 2.76. The topological polar surface area (TPSA) is 103 Å². The normalized spacial score (nSPS) is 12.1. The maximum atomic E-state index is 12.1. The van der Waals surface area contributed by atoms with E-state index in [1.54, 1.807) is 31.5 Å². The first kappa shape index (κ1) is 15.9. The van der Waals surface area contributed by atoms with Gasteiger partial charge >= 0.3 is 0 Å². The van der Waals surface area contributed by atoms with Crippen molar-refractivity contribution < 1.29 is 5.11 Å². The van der Waals surface area contributed by atoms with Crippen molar-refractivity contribution in [2.24, 2.45) is 0 Å². The molecule has 124 valence electrons. The van der Waals surface area contributed by atoms with E-state index in [4.69, 9.17) is 0 Å². The van der Waals surface area contributed by atoms with Crippen LogP contribution in [0.4, 0.5) is 17.5 Å². The first-order chi connectivity index (χ1) is 11.5. The predicted molar refractivity (Wildman–Crippen MR) is 94.8 cm³/mol. The molecular formula is C17H19N5O2. The van der Waals surface area contributed by atoms with E-state index in [1.807, 2.05) is 19.1 Å². The zero-order valence-electron chi connectivity index (χ0n) is 13.5. The lowest BCUT2D eigenvalue weighted by molar-refractivity contribution is 0.208. The SMILES string of the molecule is Cc1ccnc(Nc2cc3cc[nH]c(=O)c3c(NC[C@@H](C)O)n2)c1. The van der Waals surface area contributed by atoms with Crippen LogP contribution in [0.1, 0.15) is 12.5 Å².